The minimum atomic E-state index is -0.656. The topological polar surface area (TPSA) is 49.4 Å². The number of thioether (sulfide) groups is 1. The normalized spacial score (nSPS) is 12.6. The van der Waals surface area contributed by atoms with Crippen molar-refractivity contribution in [1.29, 1.82) is 0 Å². The van der Waals surface area contributed by atoms with E-state index in [4.69, 9.17) is 11.6 Å². The predicted octanol–water partition coefficient (Wildman–Crippen LogP) is 5.99. The monoisotopic (exact) mass is 494 g/mol. The molecule has 2 atom stereocenters. The van der Waals surface area contributed by atoms with Crippen molar-refractivity contribution in [1.82, 2.24) is 10.2 Å². The van der Waals surface area contributed by atoms with E-state index in [1.165, 1.54) is 11.8 Å². The van der Waals surface area contributed by atoms with Crippen molar-refractivity contribution in [3.8, 4) is 0 Å². The lowest BCUT2D eigenvalue weighted by molar-refractivity contribution is -0.139. The van der Waals surface area contributed by atoms with E-state index in [1.54, 1.807) is 4.90 Å². The highest BCUT2D eigenvalue weighted by Gasteiger charge is 2.31. The Balaban J connectivity index is 1.92. The summed E-state index contributed by atoms with van der Waals surface area (Å²) in [5.74, 6) is -0.0200. The maximum absolute atomic E-state index is 13.6. The van der Waals surface area contributed by atoms with Crippen molar-refractivity contribution in [3.05, 3.63) is 101 Å². The summed E-state index contributed by atoms with van der Waals surface area (Å²) in [7, 11) is 0. The largest absolute Gasteiger partial charge is 0.352 e. The zero-order valence-corrected chi connectivity index (χ0v) is 21.2. The van der Waals surface area contributed by atoms with Gasteiger partial charge >= 0.3 is 0 Å². The Labute approximate surface area is 211 Å². The molecule has 3 rings (SSSR count). The molecule has 178 valence electrons. The third-order valence-electron chi connectivity index (χ3n) is 5.68. The van der Waals surface area contributed by atoms with E-state index < -0.39 is 6.04 Å². The summed E-state index contributed by atoms with van der Waals surface area (Å²) in [6.07, 6.45) is 1.24. The number of hydrogen-bond acceptors (Lipinski definition) is 3. The molecule has 0 heterocycles. The molecule has 2 amide bonds. The van der Waals surface area contributed by atoms with Gasteiger partial charge < -0.3 is 10.2 Å². The molecule has 0 aliphatic heterocycles. The average Bonchev–Trinajstić information content (AvgIpc) is 2.86. The van der Waals surface area contributed by atoms with E-state index in [0.29, 0.717) is 11.4 Å². The lowest BCUT2D eigenvalue weighted by atomic mass is 10.0. The quantitative estimate of drug-likeness (QED) is 0.333. The van der Waals surface area contributed by atoms with E-state index in [1.807, 2.05) is 98.8 Å². The fraction of sp³-hybridized carbons (Fsp3) is 0.286. The standard InChI is InChI=1S/C28H31ClN2O2S/c1-3-21(2)30-28(33)26(18-22-12-6-4-7-13-22)31(19-23-14-10-11-17-25(23)29)27(32)20-34-24-15-8-5-9-16-24/h4-17,21,26H,3,18-20H2,1-2H3,(H,30,33)/t21-,26-/m0/s1. The summed E-state index contributed by atoms with van der Waals surface area (Å²) in [5.41, 5.74) is 1.82. The van der Waals surface area contributed by atoms with E-state index in [9.17, 15) is 9.59 Å². The summed E-state index contributed by atoms with van der Waals surface area (Å²) < 4.78 is 0. The molecule has 0 fully saturated rings. The number of carbonyl (C=O) groups excluding carboxylic acids is 2. The van der Waals surface area contributed by atoms with Gasteiger partial charge in [-0.1, -0.05) is 85.3 Å². The van der Waals surface area contributed by atoms with Gasteiger partial charge in [0.25, 0.3) is 0 Å². The second-order valence-corrected chi connectivity index (χ2v) is 9.69. The number of nitrogens with one attached hydrogen (secondary N) is 1. The SMILES string of the molecule is CC[C@H](C)NC(=O)[C@H](Cc1ccccc1)N(Cc1ccccc1Cl)C(=O)CSc1ccccc1. The third kappa shape index (κ3) is 7.64. The predicted molar refractivity (Wildman–Crippen MR) is 141 cm³/mol. The molecule has 3 aromatic rings. The van der Waals surface area contributed by atoms with Gasteiger partial charge in [0.05, 0.1) is 5.75 Å². The molecule has 6 heteroatoms. The number of carbonyl (C=O) groups is 2. The van der Waals surface area contributed by atoms with E-state index >= 15 is 0 Å². The van der Waals surface area contributed by atoms with Crippen LogP contribution in [0.15, 0.2) is 89.8 Å². The van der Waals surface area contributed by atoms with Gasteiger partial charge in [-0.25, -0.2) is 0 Å². The van der Waals surface area contributed by atoms with Crippen LogP contribution in [0.4, 0.5) is 0 Å². The summed E-state index contributed by atoms with van der Waals surface area (Å²) in [5, 5.41) is 3.67. The first kappa shape index (κ1) is 25.9. The molecule has 0 bridgehead atoms. The lowest BCUT2D eigenvalue weighted by Gasteiger charge is -2.32. The van der Waals surface area contributed by atoms with Crippen LogP contribution < -0.4 is 5.32 Å². The highest BCUT2D eigenvalue weighted by atomic mass is 35.5. The maximum atomic E-state index is 13.6. The van der Waals surface area contributed by atoms with Gasteiger partial charge in [-0.2, -0.15) is 0 Å². The van der Waals surface area contributed by atoms with Crippen LogP contribution in [0.1, 0.15) is 31.4 Å². The van der Waals surface area contributed by atoms with Crippen LogP contribution in [-0.4, -0.2) is 34.6 Å². The summed E-state index contributed by atoms with van der Waals surface area (Å²) in [6.45, 7) is 4.27. The van der Waals surface area contributed by atoms with Crippen LogP contribution in [0.2, 0.25) is 5.02 Å². The molecule has 0 saturated carbocycles. The Morgan fingerprint density at radius 3 is 2.21 bits per heavy atom. The lowest BCUT2D eigenvalue weighted by Crippen LogP contribution is -2.52. The van der Waals surface area contributed by atoms with Crippen molar-refractivity contribution in [2.45, 2.75) is 50.2 Å². The van der Waals surface area contributed by atoms with Crippen LogP contribution >= 0.6 is 23.4 Å². The van der Waals surface area contributed by atoms with Crippen LogP contribution in [-0.2, 0) is 22.6 Å². The Bertz CT molecular complexity index is 1060. The van der Waals surface area contributed by atoms with Gasteiger partial charge in [-0.3, -0.25) is 9.59 Å². The minimum Gasteiger partial charge on any atom is -0.352 e. The second kappa shape index (κ2) is 13.2. The number of halogens is 1. The second-order valence-electron chi connectivity index (χ2n) is 8.24. The Morgan fingerprint density at radius 2 is 1.56 bits per heavy atom. The smallest absolute Gasteiger partial charge is 0.243 e. The fourth-order valence-corrected chi connectivity index (χ4v) is 4.55. The first-order chi connectivity index (χ1) is 16.5. The van der Waals surface area contributed by atoms with Crippen LogP contribution in [0.25, 0.3) is 0 Å². The Kier molecular flexibility index (Phi) is 10.0. The number of benzene rings is 3. The molecular weight excluding hydrogens is 464 g/mol. The van der Waals surface area contributed by atoms with Crippen LogP contribution in [0, 0.1) is 0 Å². The molecule has 4 nitrogen and oxygen atoms in total. The first-order valence-corrected chi connectivity index (χ1v) is 12.9. The zero-order valence-electron chi connectivity index (χ0n) is 19.6. The highest BCUT2D eigenvalue weighted by Crippen LogP contribution is 2.23. The van der Waals surface area contributed by atoms with Gasteiger partial charge in [-0.05, 0) is 42.7 Å². The van der Waals surface area contributed by atoms with Gasteiger partial charge in [-0.15, -0.1) is 11.8 Å². The molecule has 34 heavy (non-hydrogen) atoms. The number of rotatable bonds is 11. The fourth-order valence-electron chi connectivity index (χ4n) is 3.55. The van der Waals surface area contributed by atoms with E-state index in [0.717, 1.165) is 22.4 Å². The number of hydrogen-bond donors (Lipinski definition) is 1. The molecule has 3 aromatic carbocycles. The number of amides is 2. The van der Waals surface area contributed by atoms with Crippen molar-refractivity contribution in [2.75, 3.05) is 5.75 Å². The molecule has 0 saturated heterocycles. The molecule has 0 aliphatic carbocycles. The maximum Gasteiger partial charge on any atom is 0.243 e. The highest BCUT2D eigenvalue weighted by molar-refractivity contribution is 8.00. The van der Waals surface area contributed by atoms with Crippen molar-refractivity contribution >= 4 is 35.2 Å². The third-order valence-corrected chi connectivity index (χ3v) is 7.04. The summed E-state index contributed by atoms with van der Waals surface area (Å²) in [4.78, 5) is 29.8. The van der Waals surface area contributed by atoms with Crippen molar-refractivity contribution < 1.29 is 9.59 Å². The van der Waals surface area contributed by atoms with Crippen molar-refractivity contribution in [2.24, 2.45) is 0 Å². The molecular formula is C28H31ClN2O2S. The van der Waals surface area contributed by atoms with E-state index in [-0.39, 0.29) is 30.2 Å². The Morgan fingerprint density at radius 1 is 0.941 bits per heavy atom. The molecule has 0 unspecified atom stereocenters. The average molecular weight is 495 g/mol. The van der Waals surface area contributed by atoms with Gasteiger partial charge in [0.1, 0.15) is 6.04 Å². The molecule has 0 aromatic heterocycles. The van der Waals surface area contributed by atoms with Gasteiger partial charge in [0.15, 0.2) is 0 Å². The first-order valence-electron chi connectivity index (χ1n) is 11.5. The summed E-state index contributed by atoms with van der Waals surface area (Å²) in [6, 6.07) is 26.5. The number of nitrogens with zero attached hydrogens (tertiary/aromatic N) is 1. The Hall–Kier alpha value is -2.76. The molecule has 0 radical (unpaired) electrons. The molecule has 0 aliphatic rings. The minimum absolute atomic E-state index is 0.0155. The van der Waals surface area contributed by atoms with Crippen molar-refractivity contribution in [3.63, 3.8) is 0 Å². The van der Waals surface area contributed by atoms with Crippen LogP contribution in [0.3, 0.4) is 0 Å². The summed E-state index contributed by atoms with van der Waals surface area (Å²) >= 11 is 7.92. The zero-order chi connectivity index (χ0) is 24.3. The van der Waals surface area contributed by atoms with Crippen LogP contribution in [0.5, 0.6) is 0 Å². The van der Waals surface area contributed by atoms with E-state index in [2.05, 4.69) is 5.32 Å². The molecule has 0 spiro atoms. The van der Waals surface area contributed by atoms with Gasteiger partial charge in [0, 0.05) is 28.9 Å². The molecule has 1 N–H and O–H groups in total. The van der Waals surface area contributed by atoms with Gasteiger partial charge in [0.2, 0.25) is 11.8 Å².